The van der Waals surface area contributed by atoms with Gasteiger partial charge in [0.25, 0.3) is 5.91 Å². The third-order valence-electron chi connectivity index (χ3n) is 8.61. The summed E-state index contributed by atoms with van der Waals surface area (Å²) in [4.78, 5) is 43.1. The molecule has 1 saturated heterocycles. The molecule has 2 aliphatic heterocycles. The molecule has 0 aliphatic carbocycles. The van der Waals surface area contributed by atoms with E-state index in [0.29, 0.717) is 37.3 Å². The van der Waals surface area contributed by atoms with Gasteiger partial charge in [-0.25, -0.2) is 9.78 Å². The standard InChI is InChI=1S/C35H41N5O4/c1-21-18-37-31-26(21)16-25(19-38-31)24-14-22-10-13-39(32(41)23-9-11-36-30(17-23)35(5,6)43)20-28(22)27(15-24)29-8-7-12-40(29)33(42)44-34(2,3)4/h9,11,14-19,29,43H,7-8,10,12-13,20H2,1-6H3,(H,37,38)/t29-/m0/s1. The summed E-state index contributed by atoms with van der Waals surface area (Å²) in [5.74, 6) is -0.105. The van der Waals surface area contributed by atoms with Crippen LogP contribution in [0.1, 0.15) is 91.8 Å². The number of fused-ring (bicyclic) bond motifs is 2. The van der Waals surface area contributed by atoms with Gasteiger partial charge in [0.05, 0.1) is 11.7 Å². The van der Waals surface area contributed by atoms with E-state index in [4.69, 9.17) is 4.74 Å². The van der Waals surface area contributed by atoms with Crippen LogP contribution < -0.4 is 0 Å². The van der Waals surface area contributed by atoms with Crippen molar-refractivity contribution in [2.75, 3.05) is 13.1 Å². The van der Waals surface area contributed by atoms with E-state index in [2.05, 4.69) is 40.1 Å². The van der Waals surface area contributed by atoms with Gasteiger partial charge in [0.2, 0.25) is 0 Å². The van der Waals surface area contributed by atoms with Crippen LogP contribution >= 0.6 is 0 Å². The number of benzene rings is 1. The maximum Gasteiger partial charge on any atom is 0.410 e. The van der Waals surface area contributed by atoms with Crippen molar-refractivity contribution in [3.63, 3.8) is 0 Å². The van der Waals surface area contributed by atoms with E-state index in [1.165, 1.54) is 5.56 Å². The maximum absolute atomic E-state index is 13.8. The Balaban J connectivity index is 1.41. The zero-order valence-corrected chi connectivity index (χ0v) is 26.4. The number of hydrogen-bond acceptors (Lipinski definition) is 6. The average molecular weight is 596 g/mol. The lowest BCUT2D eigenvalue weighted by Gasteiger charge is -2.35. The number of ether oxygens (including phenoxy) is 1. The summed E-state index contributed by atoms with van der Waals surface area (Å²) in [6.07, 6.45) is 7.50. The van der Waals surface area contributed by atoms with Crippen LogP contribution in [0.15, 0.2) is 48.9 Å². The van der Waals surface area contributed by atoms with E-state index in [9.17, 15) is 14.7 Å². The largest absolute Gasteiger partial charge is 0.444 e. The first kappa shape index (κ1) is 29.8. The van der Waals surface area contributed by atoms with Crippen LogP contribution in [0, 0.1) is 6.92 Å². The maximum atomic E-state index is 13.8. The smallest absolute Gasteiger partial charge is 0.410 e. The Bertz CT molecular complexity index is 1750. The van der Waals surface area contributed by atoms with Crippen LogP contribution in [-0.4, -0.2) is 60.5 Å². The van der Waals surface area contributed by atoms with Crippen LogP contribution in [0.4, 0.5) is 4.79 Å². The number of hydrogen-bond donors (Lipinski definition) is 2. The molecule has 2 N–H and O–H groups in total. The van der Waals surface area contributed by atoms with Crippen LogP contribution in [0.3, 0.4) is 0 Å². The number of nitrogens with one attached hydrogen (secondary N) is 1. The molecule has 0 bridgehead atoms. The number of H-pyrrole nitrogens is 1. The van der Waals surface area contributed by atoms with Gasteiger partial charge in [0.15, 0.2) is 0 Å². The Kier molecular flexibility index (Phi) is 7.48. The minimum absolute atomic E-state index is 0.105. The van der Waals surface area contributed by atoms with E-state index >= 15 is 0 Å². The fourth-order valence-electron chi connectivity index (χ4n) is 6.34. The Hall–Kier alpha value is -4.24. The van der Waals surface area contributed by atoms with Crippen molar-refractivity contribution in [2.24, 2.45) is 0 Å². The molecule has 1 fully saturated rings. The third kappa shape index (κ3) is 5.80. The van der Waals surface area contributed by atoms with Gasteiger partial charge in [0, 0.05) is 54.7 Å². The first-order chi connectivity index (χ1) is 20.8. The molecule has 1 aromatic carbocycles. The monoisotopic (exact) mass is 595 g/mol. The molecule has 3 aromatic heterocycles. The quantitative estimate of drug-likeness (QED) is 0.281. The number of aromatic nitrogens is 3. The number of carbonyl (C=O) groups excluding carboxylic acids is 2. The molecular formula is C35H41N5O4. The molecule has 230 valence electrons. The van der Waals surface area contributed by atoms with Gasteiger partial charge in [-0.3, -0.25) is 9.78 Å². The Labute approximate surface area is 258 Å². The van der Waals surface area contributed by atoms with Crippen LogP contribution in [0.2, 0.25) is 0 Å². The molecule has 0 unspecified atom stereocenters. The Morgan fingerprint density at radius 2 is 1.84 bits per heavy atom. The number of rotatable bonds is 4. The van der Waals surface area contributed by atoms with Gasteiger partial charge in [-0.05, 0) is 113 Å². The first-order valence-electron chi connectivity index (χ1n) is 15.4. The summed E-state index contributed by atoms with van der Waals surface area (Å²) >= 11 is 0. The van der Waals surface area contributed by atoms with Gasteiger partial charge in [0.1, 0.15) is 16.8 Å². The second-order valence-electron chi connectivity index (χ2n) is 13.6. The molecule has 2 amide bonds. The van der Waals surface area contributed by atoms with Gasteiger partial charge >= 0.3 is 6.09 Å². The van der Waals surface area contributed by atoms with Gasteiger partial charge < -0.3 is 24.6 Å². The molecule has 0 spiro atoms. The lowest BCUT2D eigenvalue weighted by atomic mass is 9.86. The molecule has 4 aromatic rings. The zero-order valence-electron chi connectivity index (χ0n) is 26.4. The van der Waals surface area contributed by atoms with Crippen LogP contribution in [0.25, 0.3) is 22.2 Å². The summed E-state index contributed by atoms with van der Waals surface area (Å²) < 4.78 is 5.82. The van der Waals surface area contributed by atoms with Crippen molar-refractivity contribution in [2.45, 2.75) is 84.6 Å². The second-order valence-corrected chi connectivity index (χ2v) is 13.6. The minimum Gasteiger partial charge on any atom is -0.444 e. The van der Waals surface area contributed by atoms with Crippen LogP contribution in [0.5, 0.6) is 0 Å². The predicted octanol–water partition coefficient (Wildman–Crippen LogP) is 6.43. The molecule has 44 heavy (non-hydrogen) atoms. The average Bonchev–Trinajstić information content (AvgIpc) is 3.62. The minimum atomic E-state index is -1.15. The van der Waals surface area contributed by atoms with Crippen molar-refractivity contribution < 1.29 is 19.4 Å². The normalized spacial score (nSPS) is 17.2. The zero-order chi connectivity index (χ0) is 31.4. The number of carbonyl (C=O) groups is 2. The number of aromatic amines is 1. The van der Waals surface area contributed by atoms with E-state index in [1.54, 1.807) is 32.2 Å². The SMILES string of the molecule is Cc1c[nH]c2ncc(-c3cc4c(c([C@@H]5CCCN5C(=O)OC(C)(C)C)c3)CN(C(=O)c3ccnc(C(C)(C)O)c3)CC4)cc12. The highest BCUT2D eigenvalue weighted by Gasteiger charge is 2.36. The second kappa shape index (κ2) is 11.0. The molecule has 0 saturated carbocycles. The van der Waals surface area contributed by atoms with Crippen molar-refractivity contribution in [3.05, 3.63) is 82.4 Å². The van der Waals surface area contributed by atoms with Gasteiger partial charge in [-0.15, -0.1) is 0 Å². The molecular weight excluding hydrogens is 554 g/mol. The van der Waals surface area contributed by atoms with Crippen molar-refractivity contribution in [1.82, 2.24) is 24.8 Å². The fourth-order valence-corrected chi connectivity index (χ4v) is 6.34. The molecule has 9 heteroatoms. The van der Waals surface area contributed by atoms with E-state index in [-0.39, 0.29) is 18.0 Å². The molecule has 1 atom stereocenters. The predicted molar refractivity (Wildman–Crippen MR) is 169 cm³/mol. The number of likely N-dealkylation sites (tertiary alicyclic amines) is 1. The summed E-state index contributed by atoms with van der Waals surface area (Å²) in [5, 5.41) is 11.6. The summed E-state index contributed by atoms with van der Waals surface area (Å²) in [5.41, 5.74) is 6.56. The number of aryl methyl sites for hydroxylation is 1. The number of aliphatic hydroxyl groups is 1. The first-order valence-corrected chi connectivity index (χ1v) is 15.4. The summed E-state index contributed by atoms with van der Waals surface area (Å²) in [6, 6.07) is 9.78. The highest BCUT2D eigenvalue weighted by atomic mass is 16.6. The van der Waals surface area contributed by atoms with E-state index < -0.39 is 11.2 Å². The Morgan fingerprint density at radius 1 is 1.05 bits per heavy atom. The summed E-state index contributed by atoms with van der Waals surface area (Å²) in [6.45, 7) is 12.6. The lowest BCUT2D eigenvalue weighted by Crippen LogP contribution is -2.39. The molecule has 5 heterocycles. The van der Waals surface area contributed by atoms with Crippen molar-refractivity contribution in [3.8, 4) is 11.1 Å². The fraction of sp³-hybridized carbons (Fsp3) is 0.429. The number of amides is 2. The third-order valence-corrected chi connectivity index (χ3v) is 8.61. The molecule has 9 nitrogen and oxygen atoms in total. The topological polar surface area (TPSA) is 112 Å². The van der Waals surface area contributed by atoms with Gasteiger partial charge in [-0.2, -0.15) is 0 Å². The van der Waals surface area contributed by atoms with E-state index in [1.807, 2.05) is 43.0 Å². The molecule has 0 radical (unpaired) electrons. The van der Waals surface area contributed by atoms with Crippen molar-refractivity contribution >= 4 is 23.0 Å². The number of pyridine rings is 2. The number of nitrogens with zero attached hydrogens (tertiary/aromatic N) is 4. The van der Waals surface area contributed by atoms with Crippen LogP contribution in [-0.2, 0) is 23.3 Å². The highest BCUT2D eigenvalue weighted by molar-refractivity contribution is 5.94. The van der Waals surface area contributed by atoms with Gasteiger partial charge in [-0.1, -0.05) is 6.07 Å². The lowest BCUT2D eigenvalue weighted by molar-refractivity contribution is 0.0222. The van der Waals surface area contributed by atoms with E-state index in [0.717, 1.165) is 51.7 Å². The highest BCUT2D eigenvalue weighted by Crippen LogP contribution is 2.40. The van der Waals surface area contributed by atoms with Crippen molar-refractivity contribution in [1.29, 1.82) is 0 Å². The molecule has 2 aliphatic rings. The summed E-state index contributed by atoms with van der Waals surface area (Å²) in [7, 11) is 0. The Morgan fingerprint density at radius 3 is 2.59 bits per heavy atom. The molecule has 6 rings (SSSR count).